The van der Waals surface area contributed by atoms with Gasteiger partial charge in [0.25, 0.3) is 0 Å². The van der Waals surface area contributed by atoms with E-state index in [1.807, 2.05) is 24.3 Å². The highest BCUT2D eigenvalue weighted by Gasteiger charge is 2.10. The van der Waals surface area contributed by atoms with Gasteiger partial charge in [0.2, 0.25) is 0 Å². The van der Waals surface area contributed by atoms with Crippen LogP contribution in [0.4, 0.5) is 0 Å². The van der Waals surface area contributed by atoms with Gasteiger partial charge in [-0.25, -0.2) is 4.98 Å². The van der Waals surface area contributed by atoms with Crippen LogP contribution >= 0.6 is 0 Å². The summed E-state index contributed by atoms with van der Waals surface area (Å²) in [4.78, 5) is 16.0. The molecule has 0 saturated heterocycles. The molecule has 0 N–H and O–H groups in total. The number of fused-ring (bicyclic) bond motifs is 4. The molecule has 0 aliphatic carbocycles. The summed E-state index contributed by atoms with van der Waals surface area (Å²) >= 11 is 0. The Hall–Kier alpha value is -2.94. The molecule has 3 heteroatoms. The fourth-order valence-corrected chi connectivity index (χ4v) is 3.09. The summed E-state index contributed by atoms with van der Waals surface area (Å²) in [7, 11) is 0. The zero-order valence-corrected chi connectivity index (χ0v) is 13.0. The molecule has 0 spiro atoms. The quantitative estimate of drug-likeness (QED) is 0.220. The van der Waals surface area contributed by atoms with Crippen molar-refractivity contribution in [1.82, 2.24) is 4.98 Å². The number of ether oxygens (including phenoxy) is 1. The van der Waals surface area contributed by atoms with Crippen LogP contribution in [-0.4, -0.2) is 11.0 Å². The van der Waals surface area contributed by atoms with Gasteiger partial charge in [-0.15, -0.1) is 0 Å². The molecule has 0 unspecified atom stereocenters. The number of aryl methyl sites for hydroxylation is 1. The average Bonchev–Trinajstić information content (AvgIpc) is 2.55. The summed E-state index contributed by atoms with van der Waals surface area (Å²) in [6, 6.07) is 18.1. The molecule has 3 aromatic carbocycles. The van der Waals surface area contributed by atoms with E-state index < -0.39 is 0 Å². The standard InChI is InChI=1S/C20H15NO2/c1-12-16-9-7-14-5-3-4-6-17(14)20(16)21-19-10-8-15(11-18(12)19)23-13(2)22/h3-11H,1-2H3. The first-order valence-electron chi connectivity index (χ1n) is 7.54. The van der Waals surface area contributed by atoms with Crippen molar-refractivity contribution in [3.8, 4) is 5.75 Å². The van der Waals surface area contributed by atoms with Gasteiger partial charge in [-0.3, -0.25) is 4.79 Å². The van der Waals surface area contributed by atoms with Gasteiger partial charge in [0, 0.05) is 23.1 Å². The fraction of sp³-hybridized carbons (Fsp3) is 0.100. The highest BCUT2D eigenvalue weighted by atomic mass is 16.5. The summed E-state index contributed by atoms with van der Waals surface area (Å²) < 4.78 is 5.19. The molecule has 3 nitrogen and oxygen atoms in total. The molecular formula is C20H15NO2. The molecule has 4 rings (SSSR count). The topological polar surface area (TPSA) is 39.2 Å². The summed E-state index contributed by atoms with van der Waals surface area (Å²) in [6.45, 7) is 3.49. The van der Waals surface area contributed by atoms with E-state index >= 15 is 0 Å². The third kappa shape index (κ3) is 2.21. The molecule has 112 valence electrons. The predicted molar refractivity (Wildman–Crippen MR) is 92.8 cm³/mol. The van der Waals surface area contributed by atoms with E-state index in [0.717, 1.165) is 32.8 Å². The van der Waals surface area contributed by atoms with E-state index in [0.29, 0.717) is 5.75 Å². The van der Waals surface area contributed by atoms with Crippen molar-refractivity contribution >= 4 is 38.5 Å². The van der Waals surface area contributed by atoms with Gasteiger partial charge in [-0.1, -0.05) is 36.4 Å². The minimum Gasteiger partial charge on any atom is -0.427 e. The zero-order valence-electron chi connectivity index (χ0n) is 13.0. The zero-order chi connectivity index (χ0) is 16.0. The van der Waals surface area contributed by atoms with Crippen molar-refractivity contribution in [3.63, 3.8) is 0 Å². The maximum Gasteiger partial charge on any atom is 0.308 e. The number of rotatable bonds is 1. The lowest BCUT2D eigenvalue weighted by atomic mass is 10.00. The predicted octanol–water partition coefficient (Wildman–Crippen LogP) is 4.77. The number of pyridine rings is 1. The van der Waals surface area contributed by atoms with Crippen molar-refractivity contribution in [2.75, 3.05) is 0 Å². The Morgan fingerprint density at radius 3 is 2.61 bits per heavy atom. The maximum atomic E-state index is 11.2. The number of hydrogen-bond acceptors (Lipinski definition) is 3. The van der Waals surface area contributed by atoms with Crippen LogP contribution in [-0.2, 0) is 4.79 Å². The first-order chi connectivity index (χ1) is 11.1. The lowest BCUT2D eigenvalue weighted by Gasteiger charge is -2.10. The smallest absolute Gasteiger partial charge is 0.308 e. The van der Waals surface area contributed by atoms with E-state index in [1.165, 1.54) is 12.3 Å². The molecule has 1 aromatic heterocycles. The van der Waals surface area contributed by atoms with Crippen LogP contribution in [0, 0.1) is 6.92 Å². The van der Waals surface area contributed by atoms with Crippen LogP contribution in [0.3, 0.4) is 0 Å². The number of hydrogen-bond donors (Lipinski definition) is 0. The number of nitrogens with zero attached hydrogens (tertiary/aromatic N) is 1. The van der Waals surface area contributed by atoms with E-state index in [2.05, 4.69) is 31.2 Å². The normalized spacial score (nSPS) is 11.2. The molecule has 4 aromatic rings. The van der Waals surface area contributed by atoms with Crippen LogP contribution in [0.1, 0.15) is 12.5 Å². The molecular weight excluding hydrogens is 286 g/mol. The van der Waals surface area contributed by atoms with E-state index in [1.54, 1.807) is 6.07 Å². The van der Waals surface area contributed by atoms with Gasteiger partial charge in [0.1, 0.15) is 5.75 Å². The van der Waals surface area contributed by atoms with Crippen molar-refractivity contribution in [2.45, 2.75) is 13.8 Å². The van der Waals surface area contributed by atoms with E-state index in [-0.39, 0.29) is 5.97 Å². The third-order valence-corrected chi connectivity index (χ3v) is 4.17. The average molecular weight is 301 g/mol. The molecule has 1 heterocycles. The van der Waals surface area contributed by atoms with Gasteiger partial charge in [0.15, 0.2) is 0 Å². The van der Waals surface area contributed by atoms with Gasteiger partial charge in [-0.05, 0) is 36.1 Å². The molecule has 23 heavy (non-hydrogen) atoms. The number of carbonyl (C=O) groups excluding carboxylic acids is 1. The molecule has 0 fully saturated rings. The first-order valence-corrected chi connectivity index (χ1v) is 7.54. The number of carbonyl (C=O) groups is 1. The van der Waals surface area contributed by atoms with Crippen molar-refractivity contribution in [1.29, 1.82) is 0 Å². The van der Waals surface area contributed by atoms with Gasteiger partial charge in [-0.2, -0.15) is 0 Å². The minimum absolute atomic E-state index is 0.318. The van der Waals surface area contributed by atoms with Crippen LogP contribution in [0.25, 0.3) is 32.6 Å². The highest BCUT2D eigenvalue weighted by molar-refractivity contribution is 6.10. The van der Waals surface area contributed by atoms with Gasteiger partial charge in [0.05, 0.1) is 11.0 Å². The second-order valence-electron chi connectivity index (χ2n) is 5.69. The molecule has 0 saturated carbocycles. The summed E-state index contributed by atoms with van der Waals surface area (Å²) in [6.07, 6.45) is 0. The molecule has 0 radical (unpaired) electrons. The SMILES string of the molecule is CC(=O)Oc1ccc2nc3c(ccc4ccccc43)c(C)c2c1. The Balaban J connectivity index is 2.08. The number of esters is 1. The van der Waals surface area contributed by atoms with Gasteiger partial charge >= 0.3 is 5.97 Å². The van der Waals surface area contributed by atoms with Crippen LogP contribution < -0.4 is 4.74 Å². The lowest BCUT2D eigenvalue weighted by molar-refractivity contribution is -0.131. The van der Waals surface area contributed by atoms with E-state index in [9.17, 15) is 4.79 Å². The number of aromatic nitrogens is 1. The molecule has 0 bridgehead atoms. The Morgan fingerprint density at radius 1 is 0.957 bits per heavy atom. The van der Waals surface area contributed by atoms with E-state index in [4.69, 9.17) is 9.72 Å². The molecule has 0 atom stereocenters. The van der Waals surface area contributed by atoms with Crippen LogP contribution in [0.2, 0.25) is 0 Å². The maximum absolute atomic E-state index is 11.2. The van der Waals surface area contributed by atoms with Crippen molar-refractivity contribution < 1.29 is 9.53 Å². The largest absolute Gasteiger partial charge is 0.427 e. The van der Waals surface area contributed by atoms with Gasteiger partial charge < -0.3 is 4.74 Å². The Bertz CT molecular complexity index is 1080. The van der Waals surface area contributed by atoms with Crippen molar-refractivity contribution in [3.05, 3.63) is 60.2 Å². The Labute approximate surface area is 133 Å². The molecule has 0 aliphatic rings. The van der Waals surface area contributed by atoms with Crippen molar-refractivity contribution in [2.24, 2.45) is 0 Å². The highest BCUT2D eigenvalue weighted by Crippen LogP contribution is 2.32. The molecule has 0 amide bonds. The Morgan fingerprint density at radius 2 is 1.78 bits per heavy atom. The second kappa shape index (κ2) is 5.06. The Kier molecular flexibility index (Phi) is 3.01. The fourth-order valence-electron chi connectivity index (χ4n) is 3.09. The summed E-state index contributed by atoms with van der Waals surface area (Å²) in [5, 5.41) is 4.46. The summed E-state index contributed by atoms with van der Waals surface area (Å²) in [5.74, 6) is 0.233. The third-order valence-electron chi connectivity index (χ3n) is 4.17. The monoisotopic (exact) mass is 301 g/mol. The molecule has 0 aliphatic heterocycles. The van der Waals surface area contributed by atoms with Crippen LogP contribution in [0.15, 0.2) is 54.6 Å². The number of benzene rings is 3. The minimum atomic E-state index is -0.318. The second-order valence-corrected chi connectivity index (χ2v) is 5.69. The first kappa shape index (κ1) is 13.7. The summed E-state index contributed by atoms with van der Waals surface area (Å²) in [5.41, 5.74) is 3.06. The lowest BCUT2D eigenvalue weighted by Crippen LogP contribution is -2.01. The van der Waals surface area contributed by atoms with Crippen LogP contribution in [0.5, 0.6) is 5.75 Å².